The van der Waals surface area contributed by atoms with Crippen LogP contribution in [0, 0.1) is 0 Å². The van der Waals surface area contributed by atoms with Crippen molar-refractivity contribution in [3.63, 3.8) is 0 Å². The van der Waals surface area contributed by atoms with Gasteiger partial charge in [-0.25, -0.2) is 0 Å². The number of benzene rings is 1. The van der Waals surface area contributed by atoms with Crippen LogP contribution in [0.1, 0.15) is 19.4 Å². The molecule has 0 fully saturated rings. The van der Waals surface area contributed by atoms with E-state index in [4.69, 9.17) is 0 Å². The van der Waals surface area contributed by atoms with E-state index in [0.717, 1.165) is 0 Å². The molecule has 106 valence electrons. The second-order valence-corrected chi connectivity index (χ2v) is 4.30. The Balaban J connectivity index is 2.50. The number of amides is 1. The van der Waals surface area contributed by atoms with Gasteiger partial charge in [0.15, 0.2) is 0 Å². The third kappa shape index (κ3) is 6.15. The SMILES string of the molecule is CC(C)NCC(=O)NCc1ccccc1OC(F)F. The van der Waals surface area contributed by atoms with Gasteiger partial charge in [-0.1, -0.05) is 32.0 Å². The Hall–Kier alpha value is -1.69. The zero-order valence-corrected chi connectivity index (χ0v) is 11.0. The number of carbonyl (C=O) groups excluding carboxylic acids is 1. The van der Waals surface area contributed by atoms with E-state index in [9.17, 15) is 13.6 Å². The topological polar surface area (TPSA) is 50.4 Å². The predicted octanol–water partition coefficient (Wildman–Crippen LogP) is 1.90. The highest BCUT2D eigenvalue weighted by molar-refractivity contribution is 5.78. The molecule has 0 unspecified atom stereocenters. The van der Waals surface area contributed by atoms with Gasteiger partial charge in [0.25, 0.3) is 0 Å². The Morgan fingerprint density at radius 1 is 1.32 bits per heavy atom. The maximum atomic E-state index is 12.2. The van der Waals surface area contributed by atoms with Crippen molar-refractivity contribution in [3.8, 4) is 5.75 Å². The van der Waals surface area contributed by atoms with Crippen LogP contribution in [0.2, 0.25) is 0 Å². The van der Waals surface area contributed by atoms with Crippen LogP contribution < -0.4 is 15.4 Å². The van der Waals surface area contributed by atoms with E-state index in [-0.39, 0.29) is 30.8 Å². The van der Waals surface area contributed by atoms with Gasteiger partial charge >= 0.3 is 6.61 Å². The molecule has 0 heterocycles. The molecule has 6 heteroatoms. The minimum absolute atomic E-state index is 0.0784. The molecular formula is C13H18F2N2O2. The number of alkyl halides is 2. The van der Waals surface area contributed by atoms with Crippen molar-refractivity contribution in [2.45, 2.75) is 33.0 Å². The van der Waals surface area contributed by atoms with Crippen LogP contribution in [0.5, 0.6) is 5.75 Å². The fourth-order valence-electron chi connectivity index (χ4n) is 1.41. The van der Waals surface area contributed by atoms with Gasteiger partial charge in [-0.3, -0.25) is 4.79 Å². The Bertz CT molecular complexity index is 411. The van der Waals surface area contributed by atoms with E-state index in [1.807, 2.05) is 13.8 Å². The van der Waals surface area contributed by atoms with Crippen molar-refractivity contribution in [1.29, 1.82) is 0 Å². The maximum absolute atomic E-state index is 12.2. The number of hydrogen-bond acceptors (Lipinski definition) is 3. The molecule has 0 bridgehead atoms. The van der Waals surface area contributed by atoms with E-state index in [1.54, 1.807) is 18.2 Å². The molecule has 1 rings (SSSR count). The third-order valence-electron chi connectivity index (χ3n) is 2.34. The van der Waals surface area contributed by atoms with E-state index >= 15 is 0 Å². The van der Waals surface area contributed by atoms with Crippen molar-refractivity contribution in [2.24, 2.45) is 0 Å². The highest BCUT2D eigenvalue weighted by Crippen LogP contribution is 2.19. The summed E-state index contributed by atoms with van der Waals surface area (Å²) in [5.41, 5.74) is 0.515. The van der Waals surface area contributed by atoms with Gasteiger partial charge in [0.05, 0.1) is 6.54 Å². The summed E-state index contributed by atoms with van der Waals surface area (Å²) >= 11 is 0. The van der Waals surface area contributed by atoms with Gasteiger partial charge < -0.3 is 15.4 Å². The zero-order chi connectivity index (χ0) is 14.3. The molecule has 0 spiro atoms. The van der Waals surface area contributed by atoms with E-state index < -0.39 is 6.61 Å². The summed E-state index contributed by atoms with van der Waals surface area (Å²) in [6, 6.07) is 6.59. The van der Waals surface area contributed by atoms with E-state index in [0.29, 0.717) is 5.56 Å². The number of para-hydroxylation sites is 1. The molecule has 0 aliphatic carbocycles. The molecule has 1 aromatic carbocycles. The molecule has 0 saturated carbocycles. The molecule has 1 aromatic rings. The van der Waals surface area contributed by atoms with Crippen molar-refractivity contribution in [3.05, 3.63) is 29.8 Å². The molecule has 0 aliphatic heterocycles. The summed E-state index contributed by atoms with van der Waals surface area (Å²) in [7, 11) is 0. The average Bonchev–Trinajstić information content (AvgIpc) is 2.34. The minimum Gasteiger partial charge on any atom is -0.434 e. The number of carbonyl (C=O) groups is 1. The van der Waals surface area contributed by atoms with Gasteiger partial charge in [0.1, 0.15) is 5.75 Å². The highest BCUT2D eigenvalue weighted by atomic mass is 19.3. The fourth-order valence-corrected chi connectivity index (χ4v) is 1.41. The molecule has 0 saturated heterocycles. The summed E-state index contributed by atoms with van der Waals surface area (Å²) in [5.74, 6) is -0.116. The fraction of sp³-hybridized carbons (Fsp3) is 0.462. The Morgan fingerprint density at radius 2 is 2.00 bits per heavy atom. The molecule has 0 radical (unpaired) electrons. The largest absolute Gasteiger partial charge is 0.434 e. The molecule has 2 N–H and O–H groups in total. The molecule has 0 aliphatic rings. The summed E-state index contributed by atoms with van der Waals surface area (Å²) in [6.07, 6.45) is 0. The molecule has 4 nitrogen and oxygen atoms in total. The lowest BCUT2D eigenvalue weighted by molar-refractivity contribution is -0.120. The Labute approximate surface area is 111 Å². The van der Waals surface area contributed by atoms with Crippen molar-refractivity contribution in [1.82, 2.24) is 10.6 Å². The van der Waals surface area contributed by atoms with Crippen LogP contribution >= 0.6 is 0 Å². The van der Waals surface area contributed by atoms with Gasteiger partial charge in [-0.15, -0.1) is 0 Å². The van der Waals surface area contributed by atoms with Crippen molar-refractivity contribution >= 4 is 5.91 Å². The van der Waals surface area contributed by atoms with Gasteiger partial charge in [-0.2, -0.15) is 8.78 Å². The van der Waals surface area contributed by atoms with Crippen LogP contribution in [0.15, 0.2) is 24.3 Å². The number of nitrogens with one attached hydrogen (secondary N) is 2. The standard InChI is InChI=1S/C13H18F2N2O2/c1-9(2)16-8-12(18)17-7-10-5-3-4-6-11(10)19-13(14)15/h3-6,9,13,16H,7-8H2,1-2H3,(H,17,18). The first-order valence-corrected chi connectivity index (χ1v) is 6.02. The maximum Gasteiger partial charge on any atom is 0.387 e. The average molecular weight is 272 g/mol. The smallest absolute Gasteiger partial charge is 0.387 e. The van der Waals surface area contributed by atoms with Crippen molar-refractivity contribution in [2.75, 3.05) is 6.54 Å². The lowest BCUT2D eigenvalue weighted by atomic mass is 10.2. The third-order valence-corrected chi connectivity index (χ3v) is 2.34. The Morgan fingerprint density at radius 3 is 2.63 bits per heavy atom. The van der Waals surface area contributed by atoms with Crippen LogP contribution in [-0.2, 0) is 11.3 Å². The van der Waals surface area contributed by atoms with Gasteiger partial charge in [0.2, 0.25) is 5.91 Å². The summed E-state index contributed by atoms with van der Waals surface area (Å²) in [6.45, 7) is 1.33. The molecule has 0 atom stereocenters. The van der Waals surface area contributed by atoms with Crippen molar-refractivity contribution < 1.29 is 18.3 Å². The molecule has 1 amide bonds. The Kier molecular flexibility index (Phi) is 6.21. The summed E-state index contributed by atoms with van der Waals surface area (Å²) in [5, 5.41) is 5.61. The molecule has 19 heavy (non-hydrogen) atoms. The van der Waals surface area contributed by atoms with Gasteiger partial charge in [-0.05, 0) is 6.07 Å². The number of ether oxygens (including phenoxy) is 1. The first kappa shape index (κ1) is 15.4. The van der Waals surface area contributed by atoms with Gasteiger partial charge in [0, 0.05) is 18.2 Å². The van der Waals surface area contributed by atoms with E-state index in [2.05, 4.69) is 15.4 Å². The second-order valence-electron chi connectivity index (χ2n) is 4.30. The monoisotopic (exact) mass is 272 g/mol. The number of halogens is 2. The first-order valence-electron chi connectivity index (χ1n) is 6.02. The number of hydrogen-bond donors (Lipinski definition) is 2. The summed E-state index contributed by atoms with van der Waals surface area (Å²) in [4.78, 5) is 11.5. The minimum atomic E-state index is -2.88. The van der Waals surface area contributed by atoms with Crippen LogP contribution in [0.4, 0.5) is 8.78 Å². The van der Waals surface area contributed by atoms with Crippen LogP contribution in [0.3, 0.4) is 0 Å². The van der Waals surface area contributed by atoms with E-state index in [1.165, 1.54) is 6.07 Å². The lowest BCUT2D eigenvalue weighted by Gasteiger charge is -2.12. The molecule has 0 aromatic heterocycles. The summed E-state index contributed by atoms with van der Waals surface area (Å²) < 4.78 is 28.8. The first-order chi connectivity index (χ1) is 8.99. The normalized spacial score (nSPS) is 10.8. The predicted molar refractivity (Wildman–Crippen MR) is 68.1 cm³/mol. The second kappa shape index (κ2) is 7.68. The van der Waals surface area contributed by atoms with Crippen LogP contribution in [0.25, 0.3) is 0 Å². The lowest BCUT2D eigenvalue weighted by Crippen LogP contribution is -2.36. The molecular weight excluding hydrogens is 254 g/mol. The number of rotatable bonds is 7. The zero-order valence-electron chi connectivity index (χ0n) is 11.0. The highest BCUT2D eigenvalue weighted by Gasteiger charge is 2.10. The van der Waals surface area contributed by atoms with Crippen LogP contribution in [-0.4, -0.2) is 25.1 Å². The quantitative estimate of drug-likeness (QED) is 0.797.